The number of carbonyl (C=O) groups excluding carboxylic acids is 1. The topological polar surface area (TPSA) is 66.4 Å². The molecule has 4 heteroatoms. The van der Waals surface area contributed by atoms with Crippen molar-refractivity contribution in [1.82, 2.24) is 5.32 Å². The Balaban J connectivity index is 2.76. The molecule has 0 saturated carbocycles. The zero-order valence-electron chi connectivity index (χ0n) is 12.3. The van der Waals surface area contributed by atoms with Crippen LogP contribution in [-0.2, 0) is 9.59 Å². The Labute approximate surface area is 119 Å². The number of rotatable bonds is 5. The first-order valence-corrected chi connectivity index (χ1v) is 6.45. The van der Waals surface area contributed by atoms with E-state index in [-0.39, 0.29) is 5.91 Å². The predicted molar refractivity (Wildman–Crippen MR) is 79.1 cm³/mol. The van der Waals surface area contributed by atoms with Crippen molar-refractivity contribution in [2.75, 3.05) is 0 Å². The molecular formula is C16H21NO3. The smallest absolute Gasteiger partial charge is 0.311 e. The standard InChI is InChI=1S/C16H21NO3/c1-15(2,14(19)20)16(3,4)17-13(18)11-10-12-8-6-5-7-9-12/h5-11H,1-4H3,(H,17,18)(H,19,20). The number of carboxylic acid groups (broad SMARTS) is 1. The highest BCUT2D eigenvalue weighted by Crippen LogP contribution is 2.30. The molecule has 0 aliphatic carbocycles. The van der Waals surface area contributed by atoms with E-state index >= 15 is 0 Å². The molecule has 0 atom stereocenters. The first-order valence-electron chi connectivity index (χ1n) is 6.45. The molecule has 0 unspecified atom stereocenters. The van der Waals surface area contributed by atoms with E-state index in [1.807, 2.05) is 30.3 Å². The van der Waals surface area contributed by atoms with Gasteiger partial charge >= 0.3 is 5.97 Å². The number of hydrogen-bond acceptors (Lipinski definition) is 2. The molecule has 108 valence electrons. The number of carbonyl (C=O) groups is 2. The summed E-state index contributed by atoms with van der Waals surface area (Å²) in [6, 6.07) is 9.44. The van der Waals surface area contributed by atoms with Gasteiger partial charge in [-0.1, -0.05) is 30.3 Å². The van der Waals surface area contributed by atoms with Crippen LogP contribution in [0.3, 0.4) is 0 Å². The number of amides is 1. The highest BCUT2D eigenvalue weighted by molar-refractivity contribution is 5.92. The lowest BCUT2D eigenvalue weighted by molar-refractivity contribution is -0.151. The summed E-state index contributed by atoms with van der Waals surface area (Å²) in [5, 5.41) is 12.0. The number of carboxylic acids is 1. The van der Waals surface area contributed by atoms with Crippen LogP contribution in [0.4, 0.5) is 0 Å². The van der Waals surface area contributed by atoms with Crippen molar-refractivity contribution in [3.8, 4) is 0 Å². The molecular weight excluding hydrogens is 254 g/mol. The Kier molecular flexibility index (Phi) is 4.71. The maximum absolute atomic E-state index is 11.9. The lowest BCUT2D eigenvalue weighted by Gasteiger charge is -2.38. The van der Waals surface area contributed by atoms with Crippen LogP contribution >= 0.6 is 0 Å². The lowest BCUT2D eigenvalue weighted by atomic mass is 9.74. The molecule has 0 aliphatic heterocycles. The van der Waals surface area contributed by atoms with E-state index in [2.05, 4.69) is 5.32 Å². The van der Waals surface area contributed by atoms with Crippen LogP contribution in [0.25, 0.3) is 6.08 Å². The van der Waals surface area contributed by atoms with Gasteiger partial charge in [-0.3, -0.25) is 9.59 Å². The van der Waals surface area contributed by atoms with E-state index in [4.69, 9.17) is 0 Å². The molecule has 0 heterocycles. The Bertz CT molecular complexity index is 516. The number of nitrogens with one attached hydrogen (secondary N) is 1. The summed E-state index contributed by atoms with van der Waals surface area (Å²) in [5.74, 6) is -1.26. The Morgan fingerprint density at radius 1 is 1.10 bits per heavy atom. The number of aliphatic carboxylic acids is 1. The first kappa shape index (κ1) is 16.0. The average molecular weight is 275 g/mol. The number of hydrogen-bond donors (Lipinski definition) is 2. The van der Waals surface area contributed by atoms with Gasteiger partial charge in [-0.05, 0) is 39.3 Å². The van der Waals surface area contributed by atoms with Crippen molar-refractivity contribution in [2.24, 2.45) is 5.41 Å². The molecule has 0 radical (unpaired) electrons. The third kappa shape index (κ3) is 3.70. The molecule has 0 bridgehead atoms. The minimum Gasteiger partial charge on any atom is -0.481 e. The van der Waals surface area contributed by atoms with Gasteiger partial charge in [-0.25, -0.2) is 0 Å². The third-order valence-corrected chi connectivity index (χ3v) is 3.76. The van der Waals surface area contributed by atoms with Crippen molar-refractivity contribution in [2.45, 2.75) is 33.2 Å². The third-order valence-electron chi connectivity index (χ3n) is 3.76. The van der Waals surface area contributed by atoms with Crippen molar-refractivity contribution in [3.05, 3.63) is 42.0 Å². The number of benzene rings is 1. The van der Waals surface area contributed by atoms with Crippen LogP contribution in [0.5, 0.6) is 0 Å². The van der Waals surface area contributed by atoms with Crippen molar-refractivity contribution in [1.29, 1.82) is 0 Å². The van der Waals surface area contributed by atoms with Gasteiger partial charge in [0.05, 0.1) is 11.0 Å². The van der Waals surface area contributed by atoms with Gasteiger partial charge in [0, 0.05) is 6.08 Å². The summed E-state index contributed by atoms with van der Waals surface area (Å²) in [7, 11) is 0. The fraction of sp³-hybridized carbons (Fsp3) is 0.375. The molecule has 2 N–H and O–H groups in total. The molecule has 0 fully saturated rings. The molecule has 1 aromatic rings. The summed E-state index contributed by atoms with van der Waals surface area (Å²) in [6.45, 7) is 6.60. The van der Waals surface area contributed by atoms with Gasteiger partial charge in [0.15, 0.2) is 0 Å². The second-order valence-corrected chi connectivity index (χ2v) is 5.79. The highest BCUT2D eigenvalue weighted by atomic mass is 16.4. The molecule has 1 rings (SSSR count). The van der Waals surface area contributed by atoms with Gasteiger partial charge in [0.2, 0.25) is 5.91 Å². The van der Waals surface area contributed by atoms with E-state index in [0.717, 1.165) is 5.56 Å². The van der Waals surface area contributed by atoms with E-state index in [1.54, 1.807) is 33.8 Å². The second kappa shape index (κ2) is 5.90. The fourth-order valence-corrected chi connectivity index (χ4v) is 1.51. The molecule has 4 nitrogen and oxygen atoms in total. The van der Waals surface area contributed by atoms with Gasteiger partial charge in [0.25, 0.3) is 0 Å². The summed E-state index contributed by atoms with van der Waals surface area (Å²) in [6.07, 6.45) is 3.11. The van der Waals surface area contributed by atoms with Crippen LogP contribution < -0.4 is 5.32 Å². The second-order valence-electron chi connectivity index (χ2n) is 5.79. The minimum atomic E-state index is -1.07. The van der Waals surface area contributed by atoms with Crippen molar-refractivity contribution >= 4 is 18.0 Å². The van der Waals surface area contributed by atoms with E-state index in [9.17, 15) is 14.7 Å². The van der Waals surface area contributed by atoms with Crippen LogP contribution in [-0.4, -0.2) is 22.5 Å². The first-order chi connectivity index (χ1) is 9.17. The molecule has 0 saturated heterocycles. The van der Waals surface area contributed by atoms with Gasteiger partial charge in [-0.15, -0.1) is 0 Å². The van der Waals surface area contributed by atoms with Crippen LogP contribution in [0.1, 0.15) is 33.3 Å². The lowest BCUT2D eigenvalue weighted by Crippen LogP contribution is -2.56. The average Bonchev–Trinajstić information content (AvgIpc) is 2.36. The van der Waals surface area contributed by atoms with E-state index in [1.165, 1.54) is 6.08 Å². The zero-order valence-corrected chi connectivity index (χ0v) is 12.3. The Morgan fingerprint density at radius 2 is 1.65 bits per heavy atom. The summed E-state index contributed by atoms with van der Waals surface area (Å²) >= 11 is 0. The van der Waals surface area contributed by atoms with E-state index in [0.29, 0.717) is 0 Å². The van der Waals surface area contributed by atoms with E-state index < -0.39 is 16.9 Å². The maximum atomic E-state index is 11.9. The highest BCUT2D eigenvalue weighted by Gasteiger charge is 2.44. The monoisotopic (exact) mass is 275 g/mol. The van der Waals surface area contributed by atoms with Gasteiger partial charge < -0.3 is 10.4 Å². The Hall–Kier alpha value is -2.10. The van der Waals surface area contributed by atoms with Crippen LogP contribution in [0, 0.1) is 5.41 Å². The summed E-state index contributed by atoms with van der Waals surface area (Å²) in [4.78, 5) is 23.2. The van der Waals surface area contributed by atoms with Gasteiger partial charge in [-0.2, -0.15) is 0 Å². The van der Waals surface area contributed by atoms with Gasteiger partial charge in [0.1, 0.15) is 0 Å². The summed E-state index contributed by atoms with van der Waals surface area (Å²) in [5.41, 5.74) is -1.02. The largest absolute Gasteiger partial charge is 0.481 e. The Morgan fingerprint density at radius 3 is 2.15 bits per heavy atom. The normalized spacial score (nSPS) is 12.4. The maximum Gasteiger partial charge on any atom is 0.311 e. The molecule has 0 spiro atoms. The van der Waals surface area contributed by atoms with Crippen LogP contribution in [0.15, 0.2) is 36.4 Å². The molecule has 0 aliphatic rings. The summed E-state index contributed by atoms with van der Waals surface area (Å²) < 4.78 is 0. The van der Waals surface area contributed by atoms with Crippen molar-refractivity contribution in [3.63, 3.8) is 0 Å². The molecule has 1 aromatic carbocycles. The predicted octanol–water partition coefficient (Wildman–Crippen LogP) is 2.71. The minimum absolute atomic E-state index is 0.312. The van der Waals surface area contributed by atoms with Crippen molar-refractivity contribution < 1.29 is 14.7 Å². The quantitative estimate of drug-likeness (QED) is 0.812. The zero-order chi connectivity index (χ0) is 15.4. The SMILES string of the molecule is CC(C)(NC(=O)C=Cc1ccccc1)C(C)(C)C(=O)O. The molecule has 0 aromatic heterocycles. The fourth-order valence-electron chi connectivity index (χ4n) is 1.51. The van der Waals surface area contributed by atoms with Crippen LogP contribution in [0.2, 0.25) is 0 Å². The molecule has 20 heavy (non-hydrogen) atoms. The molecule has 1 amide bonds.